The molecule has 7 nitrogen and oxygen atoms in total. The molecule has 9 heteroatoms. The summed E-state index contributed by atoms with van der Waals surface area (Å²) in [5, 5.41) is 13.3. The molecular formula is C10H9FN4O3S. The first-order valence-electron chi connectivity index (χ1n) is 5.00. The molecule has 1 amide bonds. The lowest BCUT2D eigenvalue weighted by atomic mass is 10.3. The molecule has 0 saturated carbocycles. The molecule has 1 aromatic heterocycles. The number of aromatic amines is 1. The van der Waals surface area contributed by atoms with Gasteiger partial charge in [-0.15, -0.1) is 0 Å². The first-order valence-corrected chi connectivity index (χ1v) is 6.54. The highest BCUT2D eigenvalue weighted by atomic mass is 32.2. The van der Waals surface area contributed by atoms with Crippen molar-refractivity contribution in [2.24, 2.45) is 5.14 Å². The van der Waals surface area contributed by atoms with Crippen LogP contribution in [0.3, 0.4) is 0 Å². The van der Waals surface area contributed by atoms with Crippen molar-refractivity contribution in [1.82, 2.24) is 10.2 Å². The number of H-pyrrole nitrogens is 1. The summed E-state index contributed by atoms with van der Waals surface area (Å²) in [4.78, 5) is 11.3. The van der Waals surface area contributed by atoms with Crippen molar-refractivity contribution in [3.63, 3.8) is 0 Å². The molecule has 0 aliphatic rings. The number of rotatable bonds is 3. The third-order valence-electron chi connectivity index (χ3n) is 2.22. The maximum Gasteiger partial charge on any atom is 0.258 e. The number of hydrogen-bond donors (Lipinski definition) is 3. The van der Waals surface area contributed by atoms with Crippen LogP contribution < -0.4 is 10.5 Å². The van der Waals surface area contributed by atoms with Gasteiger partial charge in [-0.2, -0.15) is 5.10 Å². The number of benzene rings is 1. The molecule has 4 N–H and O–H groups in total. The first-order chi connectivity index (χ1) is 8.86. The molecule has 1 aromatic carbocycles. The number of carbonyl (C=O) groups excluding carboxylic acids is 1. The van der Waals surface area contributed by atoms with Crippen molar-refractivity contribution in [2.45, 2.75) is 4.90 Å². The molecule has 0 saturated heterocycles. The van der Waals surface area contributed by atoms with Crippen LogP contribution in [0.25, 0.3) is 0 Å². The average Bonchev–Trinajstić information content (AvgIpc) is 2.80. The number of sulfonamides is 1. The van der Waals surface area contributed by atoms with Gasteiger partial charge in [-0.05, 0) is 18.2 Å². The van der Waals surface area contributed by atoms with Gasteiger partial charge in [-0.3, -0.25) is 9.89 Å². The van der Waals surface area contributed by atoms with Crippen LogP contribution in [0.5, 0.6) is 0 Å². The second-order valence-corrected chi connectivity index (χ2v) is 5.22. The molecule has 19 heavy (non-hydrogen) atoms. The van der Waals surface area contributed by atoms with Crippen LogP contribution >= 0.6 is 0 Å². The van der Waals surface area contributed by atoms with Gasteiger partial charge in [-0.1, -0.05) is 0 Å². The molecule has 0 aliphatic heterocycles. The number of carbonyl (C=O) groups is 1. The molecule has 0 atom stereocenters. The minimum atomic E-state index is -4.05. The molecular weight excluding hydrogens is 275 g/mol. The fourth-order valence-electron chi connectivity index (χ4n) is 1.38. The lowest BCUT2D eigenvalue weighted by Crippen LogP contribution is -2.15. The van der Waals surface area contributed by atoms with Crippen molar-refractivity contribution in [1.29, 1.82) is 0 Å². The predicted octanol–water partition coefficient (Wildman–Crippen LogP) is 0.449. The number of primary sulfonamides is 1. The van der Waals surface area contributed by atoms with Gasteiger partial charge in [0.25, 0.3) is 5.91 Å². The van der Waals surface area contributed by atoms with Crippen molar-refractivity contribution < 1.29 is 17.6 Å². The van der Waals surface area contributed by atoms with E-state index in [-0.39, 0.29) is 11.3 Å². The van der Waals surface area contributed by atoms with Crippen molar-refractivity contribution in [3.8, 4) is 0 Å². The minimum Gasteiger partial charge on any atom is -0.322 e. The van der Waals surface area contributed by atoms with Gasteiger partial charge in [0.05, 0.1) is 16.7 Å². The van der Waals surface area contributed by atoms with E-state index >= 15 is 0 Å². The number of nitrogens with one attached hydrogen (secondary N) is 2. The molecule has 0 bridgehead atoms. The van der Waals surface area contributed by atoms with E-state index in [0.717, 1.165) is 18.2 Å². The Labute approximate surface area is 107 Å². The number of nitrogens with zero attached hydrogens (tertiary/aromatic N) is 1. The Balaban J connectivity index is 2.31. The fourth-order valence-corrected chi connectivity index (χ4v) is 1.95. The normalized spacial score (nSPS) is 11.3. The number of halogens is 1. The van der Waals surface area contributed by atoms with Gasteiger partial charge in [0.15, 0.2) is 0 Å². The van der Waals surface area contributed by atoms with E-state index in [1.165, 1.54) is 12.4 Å². The molecule has 100 valence electrons. The summed E-state index contributed by atoms with van der Waals surface area (Å²) in [5.41, 5.74) is 0.205. The van der Waals surface area contributed by atoms with Crippen molar-refractivity contribution >= 4 is 21.6 Å². The first kappa shape index (κ1) is 13.2. The molecule has 0 radical (unpaired) electrons. The number of hydrogen-bond acceptors (Lipinski definition) is 4. The third kappa shape index (κ3) is 3.14. The lowest BCUT2D eigenvalue weighted by molar-refractivity contribution is 0.102. The third-order valence-corrected chi connectivity index (χ3v) is 3.11. The summed E-state index contributed by atoms with van der Waals surface area (Å²) in [6, 6.07) is 2.81. The SMILES string of the molecule is NS(=O)(=O)c1cc(F)cc(NC(=O)c2cn[nH]c2)c1. The summed E-state index contributed by atoms with van der Waals surface area (Å²) >= 11 is 0. The van der Waals surface area contributed by atoms with Crippen LogP contribution in [0.2, 0.25) is 0 Å². The van der Waals surface area contributed by atoms with Crippen LogP contribution in [-0.2, 0) is 10.0 Å². The highest BCUT2D eigenvalue weighted by molar-refractivity contribution is 7.89. The summed E-state index contributed by atoms with van der Waals surface area (Å²) in [5.74, 6) is -1.38. The lowest BCUT2D eigenvalue weighted by Gasteiger charge is -2.06. The van der Waals surface area contributed by atoms with Crippen LogP contribution in [0, 0.1) is 5.82 Å². The predicted molar refractivity (Wildman–Crippen MR) is 64.3 cm³/mol. The van der Waals surface area contributed by atoms with Crippen LogP contribution in [-0.4, -0.2) is 24.5 Å². The highest BCUT2D eigenvalue weighted by Crippen LogP contribution is 2.17. The van der Waals surface area contributed by atoms with E-state index in [4.69, 9.17) is 5.14 Å². The number of aromatic nitrogens is 2. The zero-order valence-electron chi connectivity index (χ0n) is 9.42. The maximum absolute atomic E-state index is 13.3. The second-order valence-electron chi connectivity index (χ2n) is 3.66. The van der Waals surface area contributed by atoms with E-state index in [1.807, 2.05) is 0 Å². The monoisotopic (exact) mass is 284 g/mol. The second kappa shape index (κ2) is 4.78. The molecule has 1 heterocycles. The van der Waals surface area contributed by atoms with Gasteiger partial charge < -0.3 is 5.32 Å². The molecule has 0 fully saturated rings. The molecule has 0 unspecified atom stereocenters. The Kier molecular flexibility index (Phi) is 3.32. The van der Waals surface area contributed by atoms with Crippen LogP contribution in [0.1, 0.15) is 10.4 Å². The fraction of sp³-hybridized carbons (Fsp3) is 0. The van der Waals surface area contributed by atoms with Gasteiger partial charge in [0, 0.05) is 11.9 Å². The zero-order valence-corrected chi connectivity index (χ0v) is 10.2. The van der Waals surface area contributed by atoms with Gasteiger partial charge >= 0.3 is 0 Å². The standard InChI is InChI=1S/C10H9FN4O3S/c11-7-1-8(3-9(2-7)19(12,17)18)15-10(16)6-4-13-14-5-6/h1-5H,(H,13,14)(H,15,16)(H2,12,17,18). The van der Waals surface area contributed by atoms with Gasteiger partial charge in [0.2, 0.25) is 10.0 Å². The van der Waals surface area contributed by atoms with E-state index in [0.29, 0.717) is 0 Å². The molecule has 0 spiro atoms. The average molecular weight is 284 g/mol. The van der Waals surface area contributed by atoms with Crippen molar-refractivity contribution in [2.75, 3.05) is 5.32 Å². The minimum absolute atomic E-state index is 0.0183. The van der Waals surface area contributed by atoms with E-state index in [1.54, 1.807) is 0 Å². The topological polar surface area (TPSA) is 118 Å². The largest absolute Gasteiger partial charge is 0.322 e. The number of amides is 1. The summed E-state index contributed by atoms with van der Waals surface area (Å²) in [6.45, 7) is 0. The Bertz CT molecular complexity index is 712. The zero-order chi connectivity index (χ0) is 14.0. The molecule has 2 rings (SSSR count). The van der Waals surface area contributed by atoms with Crippen LogP contribution in [0.4, 0.5) is 10.1 Å². The Hall–Kier alpha value is -2.26. The smallest absolute Gasteiger partial charge is 0.258 e. The summed E-state index contributed by atoms with van der Waals surface area (Å²) < 4.78 is 35.5. The molecule has 2 aromatic rings. The molecule has 0 aliphatic carbocycles. The van der Waals surface area contributed by atoms with E-state index < -0.39 is 26.6 Å². The summed E-state index contributed by atoms with van der Waals surface area (Å²) in [6.07, 6.45) is 2.62. The van der Waals surface area contributed by atoms with E-state index in [2.05, 4.69) is 15.5 Å². The summed E-state index contributed by atoms with van der Waals surface area (Å²) in [7, 11) is -4.05. The number of anilines is 1. The van der Waals surface area contributed by atoms with Crippen molar-refractivity contribution in [3.05, 3.63) is 42.0 Å². The maximum atomic E-state index is 13.3. The Morgan fingerprint density at radius 1 is 1.37 bits per heavy atom. The van der Waals surface area contributed by atoms with Gasteiger partial charge in [0.1, 0.15) is 5.82 Å². The van der Waals surface area contributed by atoms with Gasteiger partial charge in [-0.25, -0.2) is 17.9 Å². The Morgan fingerprint density at radius 3 is 2.68 bits per heavy atom. The van der Waals surface area contributed by atoms with E-state index in [9.17, 15) is 17.6 Å². The van der Waals surface area contributed by atoms with Crippen LogP contribution in [0.15, 0.2) is 35.5 Å². The number of nitrogens with two attached hydrogens (primary N) is 1. The highest BCUT2D eigenvalue weighted by Gasteiger charge is 2.13. The Morgan fingerprint density at radius 2 is 2.11 bits per heavy atom. The quantitative estimate of drug-likeness (QED) is 0.758.